The molecular formula is C11H11ClN2O3S. The molecule has 1 heterocycles. The van der Waals surface area contributed by atoms with Crippen molar-refractivity contribution in [2.75, 3.05) is 0 Å². The Bertz CT molecular complexity index is 635. The second kappa shape index (κ2) is 4.99. The van der Waals surface area contributed by atoms with E-state index in [4.69, 9.17) is 15.4 Å². The minimum atomic E-state index is -3.68. The van der Waals surface area contributed by atoms with Gasteiger partial charge in [-0.2, -0.15) is 5.10 Å². The van der Waals surface area contributed by atoms with Crippen molar-refractivity contribution >= 4 is 19.7 Å². The quantitative estimate of drug-likeness (QED) is 0.806. The molecule has 0 aliphatic carbocycles. The molecule has 0 unspecified atom stereocenters. The predicted molar refractivity (Wildman–Crippen MR) is 67.0 cm³/mol. The lowest BCUT2D eigenvalue weighted by atomic mass is 10.3. The molecule has 0 N–H and O–H groups in total. The van der Waals surface area contributed by atoms with Gasteiger partial charge in [0.25, 0.3) is 9.05 Å². The first-order valence-electron chi connectivity index (χ1n) is 5.10. The highest BCUT2D eigenvalue weighted by Crippen LogP contribution is 2.19. The van der Waals surface area contributed by atoms with Crippen LogP contribution in [0.2, 0.25) is 0 Å². The van der Waals surface area contributed by atoms with E-state index in [2.05, 4.69) is 5.10 Å². The highest BCUT2D eigenvalue weighted by Gasteiger charge is 2.09. The van der Waals surface area contributed by atoms with Crippen LogP contribution in [0.25, 0.3) is 0 Å². The lowest BCUT2D eigenvalue weighted by Crippen LogP contribution is -1.95. The molecule has 1 aromatic heterocycles. The standard InChI is InChI=1S/C11H11ClN2O3S/c1-14-7-9(6-13-14)8-17-10-2-4-11(5-3-10)18(12,15)16/h2-7H,8H2,1H3. The van der Waals surface area contributed by atoms with Crippen molar-refractivity contribution in [1.82, 2.24) is 9.78 Å². The summed E-state index contributed by atoms with van der Waals surface area (Å²) in [7, 11) is 3.35. The Kier molecular flexibility index (Phi) is 3.58. The molecule has 0 aliphatic heterocycles. The zero-order valence-corrected chi connectivity index (χ0v) is 11.1. The number of nitrogens with zero attached hydrogens (tertiary/aromatic N) is 2. The van der Waals surface area contributed by atoms with Gasteiger partial charge in [-0.3, -0.25) is 4.68 Å². The van der Waals surface area contributed by atoms with Gasteiger partial charge in [-0.1, -0.05) is 0 Å². The van der Waals surface area contributed by atoms with Crippen molar-refractivity contribution in [3.8, 4) is 5.75 Å². The van der Waals surface area contributed by atoms with E-state index in [1.165, 1.54) is 12.1 Å². The van der Waals surface area contributed by atoms with E-state index in [0.29, 0.717) is 12.4 Å². The van der Waals surface area contributed by atoms with Crippen molar-refractivity contribution in [3.63, 3.8) is 0 Å². The highest BCUT2D eigenvalue weighted by molar-refractivity contribution is 8.13. The molecule has 2 rings (SSSR count). The number of ether oxygens (including phenoxy) is 1. The fourth-order valence-corrected chi connectivity index (χ4v) is 2.18. The molecule has 0 bridgehead atoms. The van der Waals surface area contributed by atoms with E-state index in [9.17, 15) is 8.42 Å². The zero-order chi connectivity index (χ0) is 13.2. The number of rotatable bonds is 4. The molecule has 0 saturated carbocycles. The Morgan fingerprint density at radius 1 is 1.33 bits per heavy atom. The zero-order valence-electron chi connectivity index (χ0n) is 9.58. The minimum absolute atomic E-state index is 0.0536. The minimum Gasteiger partial charge on any atom is -0.489 e. The maximum atomic E-state index is 11.0. The first-order chi connectivity index (χ1) is 8.45. The van der Waals surface area contributed by atoms with Gasteiger partial charge in [0, 0.05) is 29.5 Å². The fourth-order valence-electron chi connectivity index (χ4n) is 1.41. The van der Waals surface area contributed by atoms with Crippen LogP contribution in [-0.4, -0.2) is 18.2 Å². The number of hydrogen-bond acceptors (Lipinski definition) is 4. The highest BCUT2D eigenvalue weighted by atomic mass is 35.7. The van der Waals surface area contributed by atoms with Crippen LogP contribution in [0.1, 0.15) is 5.56 Å². The normalized spacial score (nSPS) is 11.4. The Labute approximate surface area is 109 Å². The van der Waals surface area contributed by atoms with Gasteiger partial charge in [0.05, 0.1) is 11.1 Å². The fraction of sp³-hybridized carbons (Fsp3) is 0.182. The molecule has 5 nitrogen and oxygen atoms in total. The summed E-state index contributed by atoms with van der Waals surface area (Å²) in [6.07, 6.45) is 3.55. The molecule has 2 aromatic rings. The summed E-state index contributed by atoms with van der Waals surface area (Å²) in [6, 6.07) is 5.93. The van der Waals surface area contributed by atoms with Crippen molar-refractivity contribution in [2.45, 2.75) is 11.5 Å². The summed E-state index contributed by atoms with van der Waals surface area (Å²) < 4.78 is 29.2. The number of halogens is 1. The van der Waals surface area contributed by atoms with Crippen LogP contribution in [0.5, 0.6) is 5.75 Å². The molecule has 0 spiro atoms. The van der Waals surface area contributed by atoms with Gasteiger partial charge in [0.2, 0.25) is 0 Å². The van der Waals surface area contributed by atoms with Crippen LogP contribution in [0.15, 0.2) is 41.6 Å². The number of benzene rings is 1. The van der Waals surface area contributed by atoms with Crippen molar-refractivity contribution < 1.29 is 13.2 Å². The molecular weight excluding hydrogens is 276 g/mol. The van der Waals surface area contributed by atoms with Crippen LogP contribution < -0.4 is 4.74 Å². The van der Waals surface area contributed by atoms with Gasteiger partial charge in [0.1, 0.15) is 12.4 Å². The number of hydrogen-bond donors (Lipinski definition) is 0. The lowest BCUT2D eigenvalue weighted by Gasteiger charge is -2.04. The monoisotopic (exact) mass is 286 g/mol. The summed E-state index contributed by atoms with van der Waals surface area (Å²) in [5, 5.41) is 4.02. The summed E-state index contributed by atoms with van der Waals surface area (Å²) in [4.78, 5) is 0.0536. The Morgan fingerprint density at radius 3 is 2.50 bits per heavy atom. The van der Waals surface area contributed by atoms with E-state index in [0.717, 1.165) is 5.56 Å². The largest absolute Gasteiger partial charge is 0.489 e. The summed E-state index contributed by atoms with van der Waals surface area (Å²) in [6.45, 7) is 0.376. The summed E-state index contributed by atoms with van der Waals surface area (Å²) in [5.74, 6) is 0.572. The van der Waals surface area contributed by atoms with Gasteiger partial charge < -0.3 is 4.74 Å². The van der Waals surface area contributed by atoms with Crippen molar-refractivity contribution in [1.29, 1.82) is 0 Å². The third-order valence-corrected chi connectivity index (χ3v) is 3.64. The maximum Gasteiger partial charge on any atom is 0.261 e. The average Bonchev–Trinajstić information content (AvgIpc) is 2.72. The van der Waals surface area contributed by atoms with E-state index in [1.807, 2.05) is 13.2 Å². The topological polar surface area (TPSA) is 61.2 Å². The predicted octanol–water partition coefficient (Wildman–Crippen LogP) is 1.93. The van der Waals surface area contributed by atoms with E-state index in [-0.39, 0.29) is 4.90 Å². The molecule has 7 heteroatoms. The first kappa shape index (κ1) is 12.9. The Morgan fingerprint density at radius 2 is 2.00 bits per heavy atom. The van der Waals surface area contributed by atoms with Crippen LogP contribution in [0.4, 0.5) is 0 Å². The van der Waals surface area contributed by atoms with Crippen LogP contribution in [0, 0.1) is 0 Å². The molecule has 0 aliphatic rings. The number of aromatic nitrogens is 2. The molecule has 0 amide bonds. The van der Waals surface area contributed by atoms with Crippen molar-refractivity contribution in [2.24, 2.45) is 7.05 Å². The Balaban J connectivity index is 2.03. The SMILES string of the molecule is Cn1cc(COc2ccc(S(=O)(=O)Cl)cc2)cn1. The van der Waals surface area contributed by atoms with Gasteiger partial charge in [-0.15, -0.1) is 0 Å². The molecule has 0 fully saturated rings. The molecule has 96 valence electrons. The molecule has 1 aromatic carbocycles. The van der Waals surface area contributed by atoms with E-state index >= 15 is 0 Å². The molecule has 0 atom stereocenters. The number of aryl methyl sites for hydroxylation is 1. The van der Waals surface area contributed by atoms with Gasteiger partial charge >= 0.3 is 0 Å². The van der Waals surface area contributed by atoms with Gasteiger partial charge in [-0.05, 0) is 24.3 Å². The smallest absolute Gasteiger partial charge is 0.261 e. The first-order valence-corrected chi connectivity index (χ1v) is 7.41. The average molecular weight is 287 g/mol. The molecule has 0 saturated heterocycles. The van der Waals surface area contributed by atoms with Crippen LogP contribution in [-0.2, 0) is 22.7 Å². The second-order valence-electron chi connectivity index (χ2n) is 3.72. The summed E-state index contributed by atoms with van der Waals surface area (Å²) in [5.41, 5.74) is 0.937. The van der Waals surface area contributed by atoms with Gasteiger partial charge in [-0.25, -0.2) is 8.42 Å². The third kappa shape index (κ3) is 3.24. The molecule has 18 heavy (non-hydrogen) atoms. The maximum absolute atomic E-state index is 11.0. The molecule has 0 radical (unpaired) electrons. The lowest BCUT2D eigenvalue weighted by molar-refractivity contribution is 0.306. The second-order valence-corrected chi connectivity index (χ2v) is 6.29. The van der Waals surface area contributed by atoms with Crippen LogP contribution >= 0.6 is 10.7 Å². The van der Waals surface area contributed by atoms with Gasteiger partial charge in [0.15, 0.2) is 0 Å². The Hall–Kier alpha value is -1.53. The van der Waals surface area contributed by atoms with E-state index < -0.39 is 9.05 Å². The summed E-state index contributed by atoms with van der Waals surface area (Å²) >= 11 is 0. The van der Waals surface area contributed by atoms with E-state index in [1.54, 1.807) is 23.0 Å². The third-order valence-electron chi connectivity index (χ3n) is 2.27. The van der Waals surface area contributed by atoms with Crippen molar-refractivity contribution in [3.05, 3.63) is 42.2 Å². The van der Waals surface area contributed by atoms with Crippen LogP contribution in [0.3, 0.4) is 0 Å².